The zero-order valence-electron chi connectivity index (χ0n) is 18.3. The highest BCUT2D eigenvalue weighted by atomic mass is 35.5. The summed E-state index contributed by atoms with van der Waals surface area (Å²) in [4.78, 5) is 38.9. The fraction of sp³-hybridized carbons (Fsp3) is 0.160. The number of rotatable bonds is 5. The van der Waals surface area contributed by atoms with E-state index in [1.54, 1.807) is 24.3 Å². The Balaban J connectivity index is 1.46. The van der Waals surface area contributed by atoms with Crippen molar-refractivity contribution in [3.8, 4) is 11.3 Å². The fourth-order valence-electron chi connectivity index (χ4n) is 3.66. The second-order valence-electron chi connectivity index (χ2n) is 7.80. The van der Waals surface area contributed by atoms with Crippen molar-refractivity contribution < 1.29 is 18.8 Å². The minimum Gasteiger partial charge on any atom is -0.457 e. The van der Waals surface area contributed by atoms with Crippen LogP contribution in [-0.4, -0.2) is 28.5 Å². The van der Waals surface area contributed by atoms with Crippen LogP contribution in [-0.2, 0) is 9.59 Å². The zero-order chi connectivity index (χ0) is 23.7. The van der Waals surface area contributed by atoms with Crippen molar-refractivity contribution in [3.63, 3.8) is 0 Å². The quantitative estimate of drug-likeness (QED) is 0.440. The highest BCUT2D eigenvalue weighted by Crippen LogP contribution is 2.33. The van der Waals surface area contributed by atoms with E-state index in [1.807, 2.05) is 45.0 Å². The predicted octanol–water partition coefficient (Wildman–Crippen LogP) is 6.20. The number of nitrogens with zero attached hydrogens (tertiary/aromatic N) is 1. The number of aryl methyl sites for hydroxylation is 3. The van der Waals surface area contributed by atoms with Gasteiger partial charge in [0.15, 0.2) is 0 Å². The Labute approximate surface area is 200 Å². The summed E-state index contributed by atoms with van der Waals surface area (Å²) in [5, 5.41) is 2.95. The summed E-state index contributed by atoms with van der Waals surface area (Å²) in [6, 6.07) is 14.6. The molecule has 33 heavy (non-hydrogen) atoms. The number of anilines is 1. The zero-order valence-corrected chi connectivity index (χ0v) is 19.8. The lowest BCUT2D eigenvalue weighted by Crippen LogP contribution is -2.36. The predicted molar refractivity (Wildman–Crippen MR) is 131 cm³/mol. The third kappa shape index (κ3) is 5.05. The Kier molecular flexibility index (Phi) is 6.44. The van der Waals surface area contributed by atoms with Crippen molar-refractivity contribution in [1.29, 1.82) is 0 Å². The van der Waals surface area contributed by atoms with Crippen molar-refractivity contribution >= 4 is 52.2 Å². The number of amides is 3. The van der Waals surface area contributed by atoms with E-state index in [9.17, 15) is 14.4 Å². The summed E-state index contributed by atoms with van der Waals surface area (Å²) >= 11 is 6.70. The Hall–Kier alpha value is -3.29. The van der Waals surface area contributed by atoms with Crippen LogP contribution < -0.4 is 5.32 Å². The number of halogens is 1. The molecule has 8 heteroatoms. The molecule has 168 valence electrons. The monoisotopic (exact) mass is 480 g/mol. The molecule has 0 atom stereocenters. The maximum Gasteiger partial charge on any atom is 0.294 e. The molecule has 0 spiro atoms. The van der Waals surface area contributed by atoms with Crippen LogP contribution in [0.15, 0.2) is 57.9 Å². The van der Waals surface area contributed by atoms with E-state index < -0.39 is 17.1 Å². The van der Waals surface area contributed by atoms with Gasteiger partial charge >= 0.3 is 0 Å². The van der Waals surface area contributed by atoms with Crippen LogP contribution in [0, 0.1) is 20.8 Å². The van der Waals surface area contributed by atoms with Gasteiger partial charge in [-0.3, -0.25) is 19.3 Å². The molecule has 0 bridgehead atoms. The average molecular weight is 481 g/mol. The summed E-state index contributed by atoms with van der Waals surface area (Å²) in [6.07, 6.45) is 1.51. The van der Waals surface area contributed by atoms with Crippen LogP contribution in [0.5, 0.6) is 0 Å². The molecule has 0 aliphatic carbocycles. The van der Waals surface area contributed by atoms with Crippen molar-refractivity contribution in [2.75, 3.05) is 11.9 Å². The van der Waals surface area contributed by atoms with E-state index in [1.165, 1.54) is 6.08 Å². The van der Waals surface area contributed by atoms with Crippen molar-refractivity contribution in [2.24, 2.45) is 0 Å². The van der Waals surface area contributed by atoms with Crippen LogP contribution >= 0.6 is 23.4 Å². The summed E-state index contributed by atoms with van der Waals surface area (Å²) in [7, 11) is 0. The van der Waals surface area contributed by atoms with Gasteiger partial charge in [0.1, 0.15) is 18.1 Å². The molecule has 3 amide bonds. The Morgan fingerprint density at radius 1 is 1.06 bits per heavy atom. The van der Waals surface area contributed by atoms with Gasteiger partial charge in [0, 0.05) is 22.3 Å². The molecule has 0 unspecified atom stereocenters. The van der Waals surface area contributed by atoms with E-state index in [4.69, 9.17) is 16.0 Å². The lowest BCUT2D eigenvalue weighted by molar-refractivity contribution is -0.127. The van der Waals surface area contributed by atoms with Gasteiger partial charge in [-0.1, -0.05) is 29.3 Å². The Morgan fingerprint density at radius 3 is 2.39 bits per heavy atom. The van der Waals surface area contributed by atoms with E-state index in [2.05, 4.69) is 5.32 Å². The summed E-state index contributed by atoms with van der Waals surface area (Å²) in [5.41, 5.74) is 4.47. The molecule has 1 aliphatic heterocycles. The lowest BCUT2D eigenvalue weighted by Gasteiger charge is -2.15. The molecule has 4 rings (SSSR count). The van der Waals surface area contributed by atoms with Crippen molar-refractivity contribution in [2.45, 2.75) is 20.8 Å². The number of carbonyl (C=O) groups is 3. The topological polar surface area (TPSA) is 79.6 Å². The fourth-order valence-corrected chi connectivity index (χ4v) is 4.61. The number of imide groups is 1. The first-order valence-corrected chi connectivity index (χ1v) is 11.4. The van der Waals surface area contributed by atoms with Crippen LogP contribution in [0.1, 0.15) is 22.5 Å². The first-order valence-electron chi connectivity index (χ1n) is 10.2. The van der Waals surface area contributed by atoms with E-state index >= 15 is 0 Å². The first-order chi connectivity index (χ1) is 15.7. The van der Waals surface area contributed by atoms with Crippen LogP contribution in [0.3, 0.4) is 0 Å². The van der Waals surface area contributed by atoms with E-state index in [-0.39, 0.29) is 11.4 Å². The first kappa shape index (κ1) is 22.9. The Morgan fingerprint density at radius 2 is 1.73 bits per heavy atom. The molecule has 6 nitrogen and oxygen atoms in total. The molecule has 2 aromatic carbocycles. The molecular formula is C25H21ClN2O4S. The van der Waals surface area contributed by atoms with Gasteiger partial charge in [-0.15, -0.1) is 0 Å². The van der Waals surface area contributed by atoms with Crippen molar-refractivity contribution in [3.05, 3.63) is 80.9 Å². The lowest BCUT2D eigenvalue weighted by atomic mass is 10.1. The largest absolute Gasteiger partial charge is 0.457 e. The Bertz CT molecular complexity index is 1270. The maximum absolute atomic E-state index is 12.8. The molecule has 1 aliphatic rings. The summed E-state index contributed by atoms with van der Waals surface area (Å²) in [6.45, 7) is 5.43. The van der Waals surface area contributed by atoms with Gasteiger partial charge in [0.05, 0.1) is 4.91 Å². The van der Waals surface area contributed by atoms with E-state index in [0.29, 0.717) is 22.2 Å². The van der Waals surface area contributed by atoms with Gasteiger partial charge in [0.2, 0.25) is 5.91 Å². The average Bonchev–Trinajstić information content (AvgIpc) is 3.32. The normalized spacial score (nSPS) is 14.9. The molecule has 3 aromatic rings. The second-order valence-corrected chi connectivity index (χ2v) is 9.23. The highest BCUT2D eigenvalue weighted by molar-refractivity contribution is 8.18. The third-order valence-electron chi connectivity index (χ3n) is 5.15. The van der Waals surface area contributed by atoms with Crippen LogP contribution in [0.25, 0.3) is 17.4 Å². The van der Waals surface area contributed by atoms with E-state index in [0.717, 1.165) is 38.9 Å². The minimum atomic E-state index is -0.526. The second kappa shape index (κ2) is 9.29. The standard InChI is InChI=1S/C25H21ClN2O4S/c1-14-10-15(2)23(16(3)11-14)27-22(29)13-28-24(30)21(33-25(28)31)12-19-8-9-20(32-19)17-4-6-18(26)7-5-17/h4-12H,13H2,1-3H3,(H,27,29)/b21-12+. The number of thioether (sulfide) groups is 1. The number of hydrogen-bond donors (Lipinski definition) is 1. The number of benzene rings is 2. The summed E-state index contributed by atoms with van der Waals surface area (Å²) in [5.74, 6) is 0.0831. The molecule has 0 radical (unpaired) electrons. The summed E-state index contributed by atoms with van der Waals surface area (Å²) < 4.78 is 5.79. The van der Waals surface area contributed by atoms with Gasteiger partial charge in [-0.25, -0.2) is 0 Å². The van der Waals surface area contributed by atoms with Gasteiger partial charge in [0.25, 0.3) is 11.1 Å². The SMILES string of the molecule is Cc1cc(C)c(NC(=O)CN2C(=O)S/C(=C/c3ccc(-c4ccc(Cl)cc4)o3)C2=O)c(C)c1. The van der Waals surface area contributed by atoms with Crippen LogP contribution in [0.4, 0.5) is 10.5 Å². The number of furan rings is 1. The third-order valence-corrected chi connectivity index (χ3v) is 6.31. The number of nitrogens with one attached hydrogen (secondary N) is 1. The van der Waals surface area contributed by atoms with Gasteiger partial charge < -0.3 is 9.73 Å². The molecular weight excluding hydrogens is 460 g/mol. The molecule has 0 saturated carbocycles. The molecule has 1 saturated heterocycles. The van der Waals surface area contributed by atoms with Crippen LogP contribution in [0.2, 0.25) is 5.02 Å². The molecule has 1 fully saturated rings. The number of carbonyl (C=O) groups excluding carboxylic acids is 3. The molecule has 1 aromatic heterocycles. The highest BCUT2D eigenvalue weighted by Gasteiger charge is 2.36. The molecule has 2 heterocycles. The molecule has 1 N–H and O–H groups in total. The van der Waals surface area contributed by atoms with Gasteiger partial charge in [-0.2, -0.15) is 0 Å². The number of hydrogen-bond acceptors (Lipinski definition) is 5. The minimum absolute atomic E-state index is 0.201. The maximum atomic E-state index is 12.8. The van der Waals surface area contributed by atoms with Gasteiger partial charge in [-0.05, 0) is 80.1 Å². The smallest absolute Gasteiger partial charge is 0.294 e. The van der Waals surface area contributed by atoms with Crippen molar-refractivity contribution in [1.82, 2.24) is 4.90 Å².